The fourth-order valence-corrected chi connectivity index (χ4v) is 8.99. The number of unbranched alkanes of at least 4 members (excludes halogenated alkanes) is 8. The minimum atomic E-state index is -5.43. The largest absolute Gasteiger partial charge is 0.481 e. The minimum absolute atomic E-state index is 0.0299. The third kappa shape index (κ3) is 24.0. The van der Waals surface area contributed by atoms with Crippen LogP contribution in [0.15, 0.2) is 53.5 Å². The molecule has 9 atom stereocenters. The second-order valence-electron chi connectivity index (χ2n) is 16.8. The highest BCUT2D eigenvalue weighted by Gasteiger charge is 2.46. The SMILES string of the molecule is CCCCCC1OC1C/C=C\C/C=C\C/C=C\CCCC(=O)O[C@H](COC(=O)CCCCCCCCC(C)C)COP(=O)(O)OP(=O)(O)OC[C@H]1O[C@@H](n2ccc(N)nc2=O)[C@H](O)[C@@H]1O. The van der Waals surface area contributed by atoms with Crippen LogP contribution < -0.4 is 11.4 Å². The van der Waals surface area contributed by atoms with Crippen molar-refractivity contribution in [3.05, 3.63) is 59.2 Å². The van der Waals surface area contributed by atoms with Crippen molar-refractivity contribution in [1.29, 1.82) is 0 Å². The molecule has 65 heavy (non-hydrogen) atoms. The first-order valence-electron chi connectivity index (χ1n) is 23.0. The number of phosphoric acid groups is 2. The minimum Gasteiger partial charge on any atom is -0.462 e. The number of allylic oxidation sites excluding steroid dienone is 5. The molecule has 3 heterocycles. The first-order chi connectivity index (χ1) is 31.0. The number of aliphatic hydroxyl groups is 2. The van der Waals surface area contributed by atoms with Crippen LogP contribution in [0.2, 0.25) is 0 Å². The van der Waals surface area contributed by atoms with Crippen molar-refractivity contribution in [3.63, 3.8) is 0 Å². The van der Waals surface area contributed by atoms with Crippen molar-refractivity contribution >= 4 is 33.4 Å². The topological polar surface area (TPSA) is 278 Å². The number of aromatic nitrogens is 2. The number of carbonyl (C=O) groups is 2. The molecule has 3 rings (SSSR count). The predicted molar refractivity (Wildman–Crippen MR) is 242 cm³/mol. The summed E-state index contributed by atoms with van der Waals surface area (Å²) >= 11 is 0. The number of aliphatic hydroxyl groups excluding tert-OH is 2. The number of nitrogens with two attached hydrogens (primary N) is 1. The molecular formula is C44H73N3O16P2. The molecular weight excluding hydrogens is 888 g/mol. The first-order valence-corrected chi connectivity index (χ1v) is 26.0. The Bertz CT molecular complexity index is 1810. The maximum Gasteiger partial charge on any atom is 0.481 e. The molecule has 1 aromatic heterocycles. The number of esters is 2. The summed E-state index contributed by atoms with van der Waals surface area (Å²) < 4.78 is 62.2. The molecule has 2 fully saturated rings. The summed E-state index contributed by atoms with van der Waals surface area (Å²) in [4.78, 5) is 61.6. The average Bonchev–Trinajstić information content (AvgIpc) is 3.93. The summed E-state index contributed by atoms with van der Waals surface area (Å²) in [7, 11) is -10.9. The van der Waals surface area contributed by atoms with Crippen LogP contribution in [-0.4, -0.2) is 97.9 Å². The Kier molecular flexibility index (Phi) is 26.3. The van der Waals surface area contributed by atoms with Gasteiger partial charge in [-0.15, -0.1) is 0 Å². The van der Waals surface area contributed by atoms with Gasteiger partial charge in [0.1, 0.15) is 30.7 Å². The van der Waals surface area contributed by atoms with Gasteiger partial charge in [0.2, 0.25) is 0 Å². The Balaban J connectivity index is 1.43. The van der Waals surface area contributed by atoms with Crippen LogP contribution in [-0.2, 0) is 51.0 Å². The van der Waals surface area contributed by atoms with Crippen molar-refractivity contribution in [3.8, 4) is 0 Å². The monoisotopic (exact) mass is 961 g/mol. The average molecular weight is 962 g/mol. The van der Waals surface area contributed by atoms with E-state index in [4.69, 9.17) is 33.7 Å². The van der Waals surface area contributed by atoms with Gasteiger partial charge in [-0.25, -0.2) is 13.9 Å². The van der Waals surface area contributed by atoms with E-state index in [-0.39, 0.29) is 18.7 Å². The summed E-state index contributed by atoms with van der Waals surface area (Å²) in [6.45, 7) is 4.23. The third-order valence-electron chi connectivity index (χ3n) is 10.6. The highest BCUT2D eigenvalue weighted by Crippen LogP contribution is 2.60. The summed E-state index contributed by atoms with van der Waals surface area (Å²) in [6.07, 6.45) is 21.9. The van der Waals surface area contributed by atoms with Crippen molar-refractivity contribution in [1.82, 2.24) is 9.55 Å². The van der Waals surface area contributed by atoms with E-state index in [0.717, 1.165) is 62.1 Å². The Morgan fingerprint density at radius 1 is 0.815 bits per heavy atom. The fraction of sp³-hybridized carbons (Fsp3) is 0.727. The van der Waals surface area contributed by atoms with Gasteiger partial charge >= 0.3 is 33.3 Å². The number of nitrogens with zero attached hydrogens (tertiary/aromatic N) is 2. The number of rotatable bonds is 35. The van der Waals surface area contributed by atoms with Crippen LogP contribution in [0.3, 0.4) is 0 Å². The summed E-state index contributed by atoms with van der Waals surface area (Å²) in [5, 5.41) is 20.9. The van der Waals surface area contributed by atoms with Crippen molar-refractivity contribution < 1.29 is 71.0 Å². The van der Waals surface area contributed by atoms with E-state index in [9.17, 15) is 43.5 Å². The lowest BCUT2D eigenvalue weighted by Crippen LogP contribution is -2.36. The zero-order valence-electron chi connectivity index (χ0n) is 38.1. The highest BCUT2D eigenvalue weighted by atomic mass is 31.3. The van der Waals surface area contributed by atoms with Crippen LogP contribution in [0.25, 0.3) is 0 Å². The molecule has 0 spiro atoms. The van der Waals surface area contributed by atoms with Gasteiger partial charge in [0, 0.05) is 19.0 Å². The van der Waals surface area contributed by atoms with E-state index in [1.54, 1.807) is 0 Å². The van der Waals surface area contributed by atoms with E-state index in [1.165, 1.54) is 38.2 Å². The third-order valence-corrected chi connectivity index (χ3v) is 13.2. The lowest BCUT2D eigenvalue weighted by atomic mass is 10.0. The van der Waals surface area contributed by atoms with E-state index in [2.05, 4.69) is 54.4 Å². The van der Waals surface area contributed by atoms with Crippen molar-refractivity contribution in [2.75, 3.05) is 25.6 Å². The number of carbonyl (C=O) groups excluding carboxylic acids is 2. The molecule has 370 valence electrons. The quantitative estimate of drug-likeness (QED) is 0.0147. The molecule has 4 unspecified atom stereocenters. The number of ether oxygens (including phenoxy) is 4. The molecule has 0 saturated carbocycles. The lowest BCUT2D eigenvalue weighted by molar-refractivity contribution is -0.161. The van der Waals surface area contributed by atoms with Gasteiger partial charge in [-0.2, -0.15) is 9.29 Å². The standard InChI is InChI=1S/C44H73N3O16P2/c1-4-5-18-24-35-36(61-35)25-20-15-10-8-6-7-9-11-17-22-27-40(49)60-34(30-57-39(48)26-21-16-13-12-14-19-23-33(2)3)31-58-64(53,54)63-65(55,56)59-32-37-41(50)42(51)43(62-37)47-29-28-38(45)46-44(47)52/h6,8-9,11,15,20,28-29,33-37,41-43,50-51H,4-5,7,10,12-14,16-19,21-27,30-32H2,1-3H3,(H,53,54)(H,55,56)(H2,45,46,52)/b8-6-,11-9-,20-15-/t34-,35?,36?,37-,41-,42-,43-/m1/s1. The van der Waals surface area contributed by atoms with E-state index >= 15 is 0 Å². The Morgan fingerprint density at radius 2 is 1.48 bits per heavy atom. The lowest BCUT2D eigenvalue weighted by Gasteiger charge is -2.21. The Labute approximate surface area is 382 Å². The molecule has 1 aromatic rings. The summed E-state index contributed by atoms with van der Waals surface area (Å²) in [5.74, 6) is -0.711. The molecule has 0 aliphatic carbocycles. The molecule has 2 saturated heterocycles. The number of anilines is 1. The van der Waals surface area contributed by atoms with Crippen LogP contribution in [0.4, 0.5) is 5.82 Å². The van der Waals surface area contributed by atoms with E-state index in [0.29, 0.717) is 37.4 Å². The van der Waals surface area contributed by atoms with Crippen LogP contribution in [0.5, 0.6) is 0 Å². The summed E-state index contributed by atoms with van der Waals surface area (Å²) in [6, 6.07) is 1.24. The van der Waals surface area contributed by atoms with Crippen molar-refractivity contribution in [2.45, 2.75) is 179 Å². The van der Waals surface area contributed by atoms with Crippen LogP contribution in [0, 0.1) is 5.92 Å². The number of hydrogen-bond acceptors (Lipinski definition) is 16. The van der Waals surface area contributed by atoms with E-state index in [1.807, 2.05) is 12.2 Å². The molecule has 0 bridgehead atoms. The smallest absolute Gasteiger partial charge is 0.462 e. The molecule has 2 aliphatic rings. The van der Waals surface area contributed by atoms with Gasteiger partial charge in [0.15, 0.2) is 12.3 Å². The molecule has 0 aromatic carbocycles. The van der Waals surface area contributed by atoms with Gasteiger partial charge in [0.05, 0.1) is 25.4 Å². The van der Waals surface area contributed by atoms with Crippen molar-refractivity contribution in [2.24, 2.45) is 5.92 Å². The van der Waals surface area contributed by atoms with Gasteiger partial charge in [0.25, 0.3) is 0 Å². The molecule has 0 amide bonds. The molecule has 2 aliphatic heterocycles. The maximum atomic E-state index is 12.8. The zero-order valence-corrected chi connectivity index (χ0v) is 39.9. The van der Waals surface area contributed by atoms with Crippen LogP contribution >= 0.6 is 15.6 Å². The Morgan fingerprint density at radius 3 is 2.18 bits per heavy atom. The zero-order chi connectivity index (χ0) is 47.7. The molecule has 6 N–H and O–H groups in total. The summed E-state index contributed by atoms with van der Waals surface area (Å²) in [5.41, 5.74) is 4.57. The molecule has 19 nitrogen and oxygen atoms in total. The second-order valence-corrected chi connectivity index (χ2v) is 19.8. The molecule has 0 radical (unpaired) electrons. The number of hydrogen-bond donors (Lipinski definition) is 5. The van der Waals surface area contributed by atoms with Gasteiger partial charge in [-0.05, 0) is 56.9 Å². The van der Waals surface area contributed by atoms with Gasteiger partial charge in [-0.3, -0.25) is 23.2 Å². The first kappa shape index (κ1) is 56.3. The number of epoxide rings is 1. The number of phosphoric ester groups is 2. The fourth-order valence-electron chi connectivity index (χ4n) is 6.88. The van der Waals surface area contributed by atoms with Crippen LogP contribution in [0.1, 0.15) is 143 Å². The van der Waals surface area contributed by atoms with Gasteiger partial charge in [-0.1, -0.05) is 115 Å². The van der Waals surface area contributed by atoms with Gasteiger partial charge < -0.3 is 44.7 Å². The van der Waals surface area contributed by atoms with E-state index < -0.39 is 83.7 Å². The molecule has 21 heteroatoms. The normalized spacial score (nSPS) is 23.3. The second kappa shape index (κ2) is 30.3. The Hall–Kier alpha value is -3.06. The number of nitrogen functional groups attached to an aromatic ring is 1. The predicted octanol–water partition coefficient (Wildman–Crippen LogP) is 7.28. The maximum absolute atomic E-state index is 12.8. The highest BCUT2D eigenvalue weighted by molar-refractivity contribution is 7.61.